The number of morpholine rings is 1. The molecule has 1 fully saturated rings. The average Bonchev–Trinajstić information content (AvgIpc) is 2.85. The second-order valence-corrected chi connectivity index (χ2v) is 10.3. The molecule has 176 valence electrons. The summed E-state index contributed by atoms with van der Waals surface area (Å²) >= 11 is 3.33. The first-order valence-corrected chi connectivity index (χ1v) is 12.6. The van der Waals surface area contributed by atoms with Gasteiger partial charge in [-0.25, -0.2) is 13.2 Å². The lowest BCUT2D eigenvalue weighted by molar-refractivity contribution is 0.0727. The maximum atomic E-state index is 12.9. The van der Waals surface area contributed by atoms with Crippen molar-refractivity contribution in [3.63, 3.8) is 0 Å². The predicted molar refractivity (Wildman–Crippen MR) is 130 cm³/mol. The summed E-state index contributed by atoms with van der Waals surface area (Å²) < 4.78 is 38.6. The van der Waals surface area contributed by atoms with Gasteiger partial charge in [-0.05, 0) is 54.6 Å². The Labute approximate surface area is 205 Å². The smallest absolute Gasteiger partial charge is 0.343 e. The van der Waals surface area contributed by atoms with Gasteiger partial charge in [0.05, 0.1) is 23.7 Å². The Morgan fingerprint density at radius 2 is 1.62 bits per heavy atom. The minimum Gasteiger partial charge on any atom is -0.423 e. The minimum atomic E-state index is -3.75. The molecule has 4 rings (SSSR count). The van der Waals surface area contributed by atoms with Crippen LogP contribution in [0.2, 0.25) is 0 Å². The zero-order valence-electron chi connectivity index (χ0n) is 17.9. The van der Waals surface area contributed by atoms with Crippen molar-refractivity contribution >= 4 is 43.5 Å². The molecule has 10 heteroatoms. The monoisotopic (exact) mass is 544 g/mol. The minimum absolute atomic E-state index is 0.0133. The molecule has 8 nitrogen and oxygen atoms in total. The van der Waals surface area contributed by atoms with Crippen LogP contribution >= 0.6 is 15.9 Å². The van der Waals surface area contributed by atoms with E-state index in [0.29, 0.717) is 24.5 Å². The van der Waals surface area contributed by atoms with Crippen molar-refractivity contribution in [3.8, 4) is 5.75 Å². The van der Waals surface area contributed by atoms with Gasteiger partial charge in [-0.2, -0.15) is 4.31 Å². The number of esters is 1. The van der Waals surface area contributed by atoms with Crippen LogP contribution in [0, 0.1) is 0 Å². The van der Waals surface area contributed by atoms with Crippen LogP contribution < -0.4 is 10.1 Å². The van der Waals surface area contributed by atoms with Crippen LogP contribution in [-0.4, -0.2) is 50.9 Å². The van der Waals surface area contributed by atoms with Crippen LogP contribution in [-0.2, 0) is 14.8 Å². The predicted octanol–water partition coefficient (Wildman–Crippen LogP) is 3.94. The molecule has 3 aromatic carbocycles. The van der Waals surface area contributed by atoms with Gasteiger partial charge in [-0.1, -0.05) is 28.1 Å². The third kappa shape index (κ3) is 5.71. The normalized spacial score (nSPS) is 14.4. The highest BCUT2D eigenvalue weighted by Gasteiger charge is 2.27. The van der Waals surface area contributed by atoms with Crippen LogP contribution in [0.1, 0.15) is 20.7 Å². The lowest BCUT2D eigenvalue weighted by Crippen LogP contribution is -2.40. The molecule has 1 heterocycles. The van der Waals surface area contributed by atoms with E-state index in [0.717, 1.165) is 4.47 Å². The second kappa shape index (κ2) is 10.5. The molecule has 0 saturated carbocycles. The first-order chi connectivity index (χ1) is 16.3. The van der Waals surface area contributed by atoms with Gasteiger partial charge in [0, 0.05) is 34.9 Å². The van der Waals surface area contributed by atoms with Gasteiger partial charge in [0.25, 0.3) is 5.91 Å². The highest BCUT2D eigenvalue weighted by molar-refractivity contribution is 9.10. The first-order valence-electron chi connectivity index (χ1n) is 10.4. The largest absolute Gasteiger partial charge is 0.423 e. The van der Waals surface area contributed by atoms with Gasteiger partial charge in [0.1, 0.15) is 5.75 Å². The number of rotatable bonds is 6. The van der Waals surface area contributed by atoms with E-state index in [2.05, 4.69) is 21.2 Å². The van der Waals surface area contributed by atoms with E-state index in [4.69, 9.17) is 9.47 Å². The number of sulfonamides is 1. The van der Waals surface area contributed by atoms with Crippen LogP contribution in [0.5, 0.6) is 5.75 Å². The number of benzene rings is 3. The number of anilines is 1. The SMILES string of the molecule is O=C(Nc1cccc(OC(=O)c2cccc(S(=O)(=O)N3CCOCC3)c2)c1)c1ccc(Br)cc1. The Bertz CT molecular complexity index is 1310. The first kappa shape index (κ1) is 24.1. The summed E-state index contributed by atoms with van der Waals surface area (Å²) in [5.74, 6) is -0.813. The summed E-state index contributed by atoms with van der Waals surface area (Å²) in [6.07, 6.45) is 0. The molecule has 0 spiro atoms. The Morgan fingerprint density at radius 3 is 2.35 bits per heavy atom. The highest BCUT2D eigenvalue weighted by atomic mass is 79.9. The van der Waals surface area contributed by atoms with E-state index in [1.807, 2.05) is 0 Å². The van der Waals surface area contributed by atoms with Crippen LogP contribution in [0.4, 0.5) is 5.69 Å². The third-order valence-corrected chi connectivity index (χ3v) is 7.51. The van der Waals surface area contributed by atoms with Gasteiger partial charge in [0.15, 0.2) is 0 Å². The molecule has 1 amide bonds. The van der Waals surface area contributed by atoms with E-state index in [9.17, 15) is 18.0 Å². The van der Waals surface area contributed by atoms with E-state index in [-0.39, 0.29) is 35.2 Å². The molecule has 1 aliphatic rings. The number of amides is 1. The van der Waals surface area contributed by atoms with Crippen molar-refractivity contribution in [2.45, 2.75) is 4.90 Å². The summed E-state index contributed by atoms with van der Waals surface area (Å²) in [6, 6.07) is 19.0. The van der Waals surface area contributed by atoms with E-state index >= 15 is 0 Å². The quantitative estimate of drug-likeness (QED) is 0.372. The molecule has 0 radical (unpaired) electrons. The maximum Gasteiger partial charge on any atom is 0.343 e. The fourth-order valence-electron chi connectivity index (χ4n) is 3.33. The molecule has 1 N–H and O–H groups in total. The van der Waals surface area contributed by atoms with Crippen molar-refractivity contribution in [2.75, 3.05) is 31.6 Å². The Balaban J connectivity index is 1.46. The van der Waals surface area contributed by atoms with Crippen molar-refractivity contribution in [1.82, 2.24) is 4.31 Å². The van der Waals surface area contributed by atoms with Crippen molar-refractivity contribution in [2.24, 2.45) is 0 Å². The molecular weight excluding hydrogens is 524 g/mol. The van der Waals surface area contributed by atoms with E-state index in [1.165, 1.54) is 34.6 Å². The van der Waals surface area contributed by atoms with Crippen molar-refractivity contribution in [1.29, 1.82) is 0 Å². The molecule has 0 aromatic heterocycles. The number of carbonyl (C=O) groups is 2. The lowest BCUT2D eigenvalue weighted by Gasteiger charge is -2.26. The maximum absolute atomic E-state index is 12.9. The number of nitrogens with one attached hydrogen (secondary N) is 1. The fraction of sp³-hybridized carbons (Fsp3) is 0.167. The number of carbonyl (C=O) groups excluding carboxylic acids is 2. The molecule has 3 aromatic rings. The molecule has 0 atom stereocenters. The fourth-order valence-corrected chi connectivity index (χ4v) is 5.05. The summed E-state index contributed by atoms with van der Waals surface area (Å²) in [5.41, 5.74) is 1.02. The van der Waals surface area contributed by atoms with Crippen molar-refractivity contribution < 1.29 is 27.5 Å². The number of halogens is 1. The second-order valence-electron chi connectivity index (χ2n) is 7.42. The molecular formula is C24H21BrN2O6S. The summed E-state index contributed by atoms with van der Waals surface area (Å²) in [7, 11) is -3.75. The Kier molecular flexibility index (Phi) is 7.42. The van der Waals surface area contributed by atoms with Crippen LogP contribution in [0.25, 0.3) is 0 Å². The molecule has 1 aliphatic heterocycles. The standard InChI is InChI=1S/C24H21BrN2O6S/c25-19-9-7-17(8-10-19)23(28)26-20-4-2-5-21(16-20)33-24(29)18-3-1-6-22(15-18)34(30,31)27-11-13-32-14-12-27/h1-10,15-16H,11-14H2,(H,26,28). The van der Waals surface area contributed by atoms with Gasteiger partial charge in [-0.15, -0.1) is 0 Å². The topological polar surface area (TPSA) is 102 Å². The van der Waals surface area contributed by atoms with E-state index < -0.39 is 16.0 Å². The zero-order chi connectivity index (χ0) is 24.1. The lowest BCUT2D eigenvalue weighted by atomic mass is 10.2. The van der Waals surface area contributed by atoms with Crippen LogP contribution in [0.3, 0.4) is 0 Å². The van der Waals surface area contributed by atoms with Gasteiger partial charge in [-0.3, -0.25) is 4.79 Å². The van der Waals surface area contributed by atoms with Gasteiger partial charge >= 0.3 is 5.97 Å². The van der Waals surface area contributed by atoms with Gasteiger partial charge in [0.2, 0.25) is 10.0 Å². The number of ether oxygens (including phenoxy) is 2. The summed E-state index contributed by atoms with van der Waals surface area (Å²) in [6.45, 7) is 1.18. The molecule has 34 heavy (non-hydrogen) atoms. The van der Waals surface area contributed by atoms with Gasteiger partial charge < -0.3 is 14.8 Å². The number of hydrogen-bond donors (Lipinski definition) is 1. The van der Waals surface area contributed by atoms with E-state index in [1.54, 1.807) is 42.5 Å². The number of nitrogens with zero attached hydrogens (tertiary/aromatic N) is 1. The molecule has 0 unspecified atom stereocenters. The average molecular weight is 545 g/mol. The summed E-state index contributed by atoms with van der Waals surface area (Å²) in [5, 5.41) is 2.76. The Morgan fingerprint density at radius 1 is 0.912 bits per heavy atom. The highest BCUT2D eigenvalue weighted by Crippen LogP contribution is 2.22. The van der Waals surface area contributed by atoms with Crippen LogP contribution in [0.15, 0.2) is 82.2 Å². The molecule has 0 bridgehead atoms. The van der Waals surface area contributed by atoms with Crippen molar-refractivity contribution in [3.05, 3.63) is 88.4 Å². The molecule has 1 saturated heterocycles. The number of hydrogen-bond acceptors (Lipinski definition) is 6. The summed E-state index contributed by atoms with van der Waals surface area (Å²) in [4.78, 5) is 25.2. The molecule has 0 aliphatic carbocycles. The Hall–Kier alpha value is -3.05. The third-order valence-electron chi connectivity index (χ3n) is 5.09. The zero-order valence-corrected chi connectivity index (χ0v) is 20.3.